The van der Waals surface area contributed by atoms with Crippen LogP contribution in [0.15, 0.2) is 28.9 Å². The van der Waals surface area contributed by atoms with Crippen LogP contribution in [0.5, 0.6) is 0 Å². The lowest BCUT2D eigenvalue weighted by Crippen LogP contribution is -1.80. The van der Waals surface area contributed by atoms with Crippen molar-refractivity contribution in [2.75, 3.05) is 0 Å². The zero-order valence-corrected chi connectivity index (χ0v) is 11.9. The van der Waals surface area contributed by atoms with Gasteiger partial charge in [0.05, 0.1) is 6.26 Å². The van der Waals surface area contributed by atoms with E-state index in [-0.39, 0.29) is 0 Å². The van der Waals surface area contributed by atoms with Gasteiger partial charge < -0.3 is 4.42 Å². The minimum absolute atomic E-state index is 0.964. The van der Waals surface area contributed by atoms with Crippen LogP contribution >= 0.6 is 0 Å². The van der Waals surface area contributed by atoms with Crippen LogP contribution in [0.3, 0.4) is 0 Å². The SMILES string of the molecule is CCCCCCCCCCC/C=C/c1ccco1. The largest absolute Gasteiger partial charge is 0.465 e. The maximum Gasteiger partial charge on any atom is 0.126 e. The predicted octanol–water partition coefficient (Wildman–Crippen LogP) is 6.21. The van der Waals surface area contributed by atoms with Crippen LogP contribution in [-0.4, -0.2) is 0 Å². The van der Waals surface area contributed by atoms with Crippen LogP contribution in [0, 0.1) is 0 Å². The molecular formula is C17H28O. The highest BCUT2D eigenvalue weighted by Gasteiger charge is 1.91. The number of rotatable bonds is 11. The lowest BCUT2D eigenvalue weighted by atomic mass is 10.1. The quantitative estimate of drug-likeness (QED) is 0.424. The van der Waals surface area contributed by atoms with E-state index in [4.69, 9.17) is 4.42 Å². The summed E-state index contributed by atoms with van der Waals surface area (Å²) in [6.45, 7) is 2.27. The number of hydrogen-bond donors (Lipinski definition) is 0. The average molecular weight is 248 g/mol. The van der Waals surface area contributed by atoms with Gasteiger partial charge in [-0.05, 0) is 31.1 Å². The van der Waals surface area contributed by atoms with Gasteiger partial charge in [-0.15, -0.1) is 0 Å². The zero-order chi connectivity index (χ0) is 12.9. The highest BCUT2D eigenvalue weighted by molar-refractivity contribution is 5.41. The molecule has 0 aromatic carbocycles. The Hall–Kier alpha value is -0.980. The van der Waals surface area contributed by atoms with Gasteiger partial charge in [0.15, 0.2) is 0 Å². The Morgan fingerprint density at radius 3 is 2.22 bits per heavy atom. The average Bonchev–Trinajstić information content (AvgIpc) is 2.89. The molecule has 1 aromatic rings. The molecule has 1 nitrogen and oxygen atoms in total. The third-order valence-electron chi connectivity index (χ3n) is 3.30. The smallest absolute Gasteiger partial charge is 0.126 e. The van der Waals surface area contributed by atoms with E-state index >= 15 is 0 Å². The van der Waals surface area contributed by atoms with Gasteiger partial charge in [0, 0.05) is 0 Å². The summed E-state index contributed by atoms with van der Waals surface area (Å²) < 4.78 is 5.24. The molecule has 18 heavy (non-hydrogen) atoms. The Morgan fingerprint density at radius 1 is 0.944 bits per heavy atom. The monoisotopic (exact) mass is 248 g/mol. The summed E-state index contributed by atoms with van der Waals surface area (Å²) in [6, 6.07) is 3.92. The van der Waals surface area contributed by atoms with Gasteiger partial charge in [-0.25, -0.2) is 0 Å². The molecule has 0 unspecified atom stereocenters. The van der Waals surface area contributed by atoms with Crippen molar-refractivity contribution in [1.82, 2.24) is 0 Å². The van der Waals surface area contributed by atoms with E-state index < -0.39 is 0 Å². The van der Waals surface area contributed by atoms with Crippen molar-refractivity contribution in [3.63, 3.8) is 0 Å². The molecule has 0 amide bonds. The van der Waals surface area contributed by atoms with Gasteiger partial charge in [-0.3, -0.25) is 0 Å². The molecule has 1 heterocycles. The highest BCUT2D eigenvalue weighted by atomic mass is 16.3. The number of hydrogen-bond acceptors (Lipinski definition) is 1. The predicted molar refractivity (Wildman–Crippen MR) is 79.6 cm³/mol. The molecule has 0 fully saturated rings. The summed E-state index contributed by atoms with van der Waals surface area (Å²) in [6.07, 6.45) is 19.8. The third-order valence-corrected chi connectivity index (χ3v) is 3.30. The second-order valence-corrected chi connectivity index (χ2v) is 5.03. The zero-order valence-electron chi connectivity index (χ0n) is 11.9. The molecule has 102 valence electrons. The second kappa shape index (κ2) is 11.1. The summed E-state index contributed by atoms with van der Waals surface area (Å²) in [5.41, 5.74) is 0. The van der Waals surface area contributed by atoms with Crippen LogP contribution in [0.2, 0.25) is 0 Å². The summed E-state index contributed by atoms with van der Waals surface area (Å²) >= 11 is 0. The van der Waals surface area contributed by atoms with E-state index in [1.54, 1.807) is 6.26 Å². The molecule has 0 radical (unpaired) electrons. The van der Waals surface area contributed by atoms with Gasteiger partial charge in [0.1, 0.15) is 5.76 Å². The third kappa shape index (κ3) is 8.16. The van der Waals surface area contributed by atoms with Crippen molar-refractivity contribution in [2.24, 2.45) is 0 Å². The molecule has 0 aliphatic heterocycles. The maximum atomic E-state index is 5.24. The lowest BCUT2D eigenvalue weighted by molar-refractivity contribution is 0.556. The molecule has 0 bridgehead atoms. The van der Waals surface area contributed by atoms with Crippen LogP contribution in [0.25, 0.3) is 6.08 Å². The summed E-state index contributed by atoms with van der Waals surface area (Å²) in [7, 11) is 0. The van der Waals surface area contributed by atoms with E-state index in [0.29, 0.717) is 0 Å². The van der Waals surface area contributed by atoms with Crippen LogP contribution in [0.4, 0.5) is 0 Å². The maximum absolute atomic E-state index is 5.24. The highest BCUT2D eigenvalue weighted by Crippen LogP contribution is 2.11. The van der Waals surface area contributed by atoms with Gasteiger partial charge in [0.25, 0.3) is 0 Å². The van der Waals surface area contributed by atoms with Crippen molar-refractivity contribution in [3.05, 3.63) is 30.2 Å². The molecular weight excluding hydrogens is 220 g/mol. The number of furan rings is 1. The van der Waals surface area contributed by atoms with E-state index in [1.807, 2.05) is 12.1 Å². The molecule has 0 atom stereocenters. The molecule has 0 saturated heterocycles. The molecule has 0 saturated carbocycles. The Balaban J connectivity index is 1.81. The fourth-order valence-corrected chi connectivity index (χ4v) is 2.16. The molecule has 0 N–H and O–H groups in total. The van der Waals surface area contributed by atoms with E-state index in [0.717, 1.165) is 5.76 Å². The Kier molecular flexibility index (Phi) is 9.32. The van der Waals surface area contributed by atoms with Crippen LogP contribution in [0.1, 0.15) is 76.9 Å². The minimum Gasteiger partial charge on any atom is -0.465 e. The van der Waals surface area contributed by atoms with Crippen molar-refractivity contribution < 1.29 is 4.42 Å². The first-order chi connectivity index (χ1) is 8.93. The molecule has 0 aliphatic carbocycles. The summed E-state index contributed by atoms with van der Waals surface area (Å²) in [5.74, 6) is 0.964. The van der Waals surface area contributed by atoms with Crippen molar-refractivity contribution in [3.8, 4) is 0 Å². The van der Waals surface area contributed by atoms with Crippen molar-refractivity contribution >= 4 is 6.08 Å². The van der Waals surface area contributed by atoms with E-state index in [1.165, 1.54) is 64.2 Å². The van der Waals surface area contributed by atoms with E-state index in [9.17, 15) is 0 Å². The Labute approximate surface area is 112 Å². The topological polar surface area (TPSA) is 13.1 Å². The Morgan fingerprint density at radius 2 is 1.61 bits per heavy atom. The molecule has 0 spiro atoms. The van der Waals surface area contributed by atoms with Gasteiger partial charge >= 0.3 is 0 Å². The number of unbranched alkanes of at least 4 members (excludes halogenated alkanes) is 9. The molecule has 0 aliphatic rings. The van der Waals surface area contributed by atoms with Crippen molar-refractivity contribution in [2.45, 2.75) is 71.1 Å². The fraction of sp³-hybridized carbons (Fsp3) is 0.647. The summed E-state index contributed by atoms with van der Waals surface area (Å²) in [5, 5.41) is 0. The van der Waals surface area contributed by atoms with Crippen molar-refractivity contribution in [1.29, 1.82) is 0 Å². The minimum atomic E-state index is 0.964. The first-order valence-electron chi connectivity index (χ1n) is 7.63. The second-order valence-electron chi connectivity index (χ2n) is 5.03. The summed E-state index contributed by atoms with van der Waals surface area (Å²) in [4.78, 5) is 0. The standard InChI is InChI=1S/C17H28O/c1-2-3-4-5-6-7-8-9-10-11-12-14-17-15-13-16-18-17/h12-16H,2-11H2,1H3/b14-12+. The van der Waals surface area contributed by atoms with Gasteiger partial charge in [-0.2, -0.15) is 0 Å². The molecule has 1 aromatic heterocycles. The van der Waals surface area contributed by atoms with Crippen LogP contribution in [-0.2, 0) is 0 Å². The first kappa shape index (κ1) is 15.1. The molecule has 1 rings (SSSR count). The number of allylic oxidation sites excluding steroid dienone is 1. The van der Waals surface area contributed by atoms with Gasteiger partial charge in [0.2, 0.25) is 0 Å². The lowest BCUT2D eigenvalue weighted by Gasteiger charge is -2.00. The first-order valence-corrected chi connectivity index (χ1v) is 7.63. The van der Waals surface area contributed by atoms with Gasteiger partial charge in [-0.1, -0.05) is 64.4 Å². The molecule has 1 heteroatoms. The van der Waals surface area contributed by atoms with Crippen LogP contribution < -0.4 is 0 Å². The fourth-order valence-electron chi connectivity index (χ4n) is 2.16. The normalized spacial score (nSPS) is 11.4. The Bertz CT molecular complexity index is 285. The van der Waals surface area contributed by atoms with E-state index in [2.05, 4.69) is 19.1 Å².